The van der Waals surface area contributed by atoms with Gasteiger partial charge in [0.25, 0.3) is 5.69 Å². The molecule has 1 heterocycles. The van der Waals surface area contributed by atoms with Crippen LogP contribution in [-0.4, -0.2) is 10.5 Å². The van der Waals surface area contributed by atoms with E-state index in [4.69, 9.17) is 0 Å². The van der Waals surface area contributed by atoms with Gasteiger partial charge in [-0.1, -0.05) is 24.3 Å². The predicted molar refractivity (Wildman–Crippen MR) is 89.9 cm³/mol. The lowest BCUT2D eigenvalue weighted by atomic mass is 9.89. The highest BCUT2D eigenvalue weighted by atomic mass is 16.6. The van der Waals surface area contributed by atoms with Gasteiger partial charge in [0.2, 0.25) is 0 Å². The molecule has 0 radical (unpaired) electrons. The van der Waals surface area contributed by atoms with Crippen LogP contribution in [0.5, 0.6) is 0 Å². The number of fused-ring (bicyclic) bond motifs is 1. The van der Waals surface area contributed by atoms with Crippen LogP contribution < -0.4 is 5.32 Å². The number of anilines is 1. The van der Waals surface area contributed by atoms with Gasteiger partial charge >= 0.3 is 0 Å². The van der Waals surface area contributed by atoms with E-state index in [-0.39, 0.29) is 16.1 Å². The molecule has 0 saturated carbocycles. The quantitative estimate of drug-likeness (QED) is 0.635. The Morgan fingerprint density at radius 3 is 2.55 bits per heavy atom. The second kappa shape index (κ2) is 4.98. The van der Waals surface area contributed by atoms with Gasteiger partial charge in [0.15, 0.2) is 0 Å². The van der Waals surface area contributed by atoms with Crippen molar-refractivity contribution in [2.24, 2.45) is 0 Å². The minimum Gasteiger partial charge on any atom is -0.376 e. The zero-order valence-electron chi connectivity index (χ0n) is 12.9. The fourth-order valence-electron chi connectivity index (χ4n) is 3.03. The van der Waals surface area contributed by atoms with Crippen LogP contribution in [0, 0.1) is 10.1 Å². The first-order chi connectivity index (χ1) is 10.4. The Kier molecular flexibility index (Phi) is 3.24. The summed E-state index contributed by atoms with van der Waals surface area (Å²) in [5.74, 6) is 0. The lowest BCUT2D eigenvalue weighted by Gasteiger charge is -2.31. The number of rotatable bonds is 2. The molecule has 0 spiro atoms. The molecule has 0 unspecified atom stereocenters. The van der Waals surface area contributed by atoms with E-state index in [0.717, 1.165) is 16.8 Å². The molecular weight excluding hydrogens is 276 g/mol. The van der Waals surface area contributed by atoms with E-state index in [1.165, 1.54) is 5.57 Å². The highest BCUT2D eigenvalue weighted by Crippen LogP contribution is 2.38. The summed E-state index contributed by atoms with van der Waals surface area (Å²) in [5.41, 5.74) is 4.89. The second-order valence-corrected chi connectivity index (χ2v) is 6.21. The van der Waals surface area contributed by atoms with Gasteiger partial charge in [-0.25, -0.2) is 0 Å². The van der Waals surface area contributed by atoms with Crippen molar-refractivity contribution in [2.45, 2.75) is 26.3 Å². The Labute approximate surface area is 129 Å². The second-order valence-electron chi connectivity index (χ2n) is 6.21. The molecule has 0 fully saturated rings. The van der Waals surface area contributed by atoms with Crippen LogP contribution in [0.3, 0.4) is 0 Å². The Bertz CT molecular complexity index is 791. The normalized spacial score (nSPS) is 15.5. The maximum atomic E-state index is 11.2. The fraction of sp³-hybridized carbons (Fsp3) is 0.222. The third-order valence-corrected chi connectivity index (χ3v) is 3.89. The Morgan fingerprint density at radius 2 is 1.82 bits per heavy atom. The van der Waals surface area contributed by atoms with Gasteiger partial charge in [-0.3, -0.25) is 10.1 Å². The molecule has 0 atom stereocenters. The van der Waals surface area contributed by atoms with Crippen molar-refractivity contribution < 1.29 is 4.92 Å². The van der Waals surface area contributed by atoms with E-state index in [2.05, 4.69) is 32.2 Å². The monoisotopic (exact) mass is 294 g/mol. The summed E-state index contributed by atoms with van der Waals surface area (Å²) >= 11 is 0. The van der Waals surface area contributed by atoms with Crippen LogP contribution in [0.1, 0.15) is 26.3 Å². The summed E-state index contributed by atoms with van der Waals surface area (Å²) < 4.78 is 0. The van der Waals surface area contributed by atoms with Crippen molar-refractivity contribution in [2.75, 3.05) is 5.32 Å². The Hall–Kier alpha value is -2.62. The van der Waals surface area contributed by atoms with E-state index in [0.29, 0.717) is 5.56 Å². The van der Waals surface area contributed by atoms with Crippen LogP contribution in [0.15, 0.2) is 48.5 Å². The van der Waals surface area contributed by atoms with E-state index in [1.807, 2.05) is 24.3 Å². The molecule has 4 heteroatoms. The van der Waals surface area contributed by atoms with Gasteiger partial charge in [0, 0.05) is 17.3 Å². The van der Waals surface area contributed by atoms with Crippen LogP contribution in [0.2, 0.25) is 0 Å². The lowest BCUT2D eigenvalue weighted by molar-refractivity contribution is -0.384. The van der Waals surface area contributed by atoms with Crippen LogP contribution in [-0.2, 0) is 0 Å². The lowest BCUT2D eigenvalue weighted by Crippen LogP contribution is -2.31. The van der Waals surface area contributed by atoms with Gasteiger partial charge in [0.1, 0.15) is 0 Å². The average molecular weight is 294 g/mol. The molecule has 1 N–H and O–H groups in total. The number of nitrogens with zero attached hydrogens (tertiary/aromatic N) is 1. The first-order valence-corrected chi connectivity index (χ1v) is 7.23. The zero-order chi connectivity index (χ0) is 15.9. The van der Waals surface area contributed by atoms with Gasteiger partial charge < -0.3 is 5.32 Å². The number of nitro groups is 1. The molecule has 2 aromatic carbocycles. The summed E-state index contributed by atoms with van der Waals surface area (Å²) in [6.45, 7) is 6.31. The van der Waals surface area contributed by atoms with Crippen molar-refractivity contribution in [3.63, 3.8) is 0 Å². The molecule has 1 aliphatic heterocycles. The van der Waals surface area contributed by atoms with Gasteiger partial charge in [-0.2, -0.15) is 0 Å². The smallest absolute Gasteiger partial charge is 0.277 e. The highest BCUT2D eigenvalue weighted by Gasteiger charge is 2.23. The summed E-state index contributed by atoms with van der Waals surface area (Å²) in [5, 5.41) is 14.7. The number of allylic oxidation sites excluding steroid dienone is 1. The molecule has 4 nitrogen and oxygen atoms in total. The van der Waals surface area contributed by atoms with Crippen molar-refractivity contribution >= 4 is 16.9 Å². The summed E-state index contributed by atoms with van der Waals surface area (Å²) in [7, 11) is 0. The number of hydrogen-bond donors (Lipinski definition) is 1. The minimum absolute atomic E-state index is 0.0860. The van der Waals surface area contributed by atoms with E-state index >= 15 is 0 Å². The number of nitro benzene ring substituents is 1. The number of hydrogen-bond acceptors (Lipinski definition) is 3. The third-order valence-electron chi connectivity index (χ3n) is 3.89. The summed E-state index contributed by atoms with van der Waals surface area (Å²) in [4.78, 5) is 10.9. The van der Waals surface area contributed by atoms with Crippen molar-refractivity contribution in [3.05, 3.63) is 64.2 Å². The SMILES string of the molecule is CC1=CC(C)(C)Nc2ccc(-c3ccccc3[N+](=O)[O-])cc21. The highest BCUT2D eigenvalue weighted by molar-refractivity contribution is 5.85. The molecule has 22 heavy (non-hydrogen) atoms. The van der Waals surface area contributed by atoms with Crippen molar-refractivity contribution in [1.29, 1.82) is 0 Å². The van der Waals surface area contributed by atoms with E-state index < -0.39 is 0 Å². The average Bonchev–Trinajstić information content (AvgIpc) is 2.46. The standard InChI is InChI=1S/C18H18N2O2/c1-12-11-18(2,3)19-16-9-8-13(10-15(12)16)14-6-4-5-7-17(14)20(21)22/h4-11,19H,1-3H3. The van der Waals surface area contributed by atoms with E-state index in [9.17, 15) is 10.1 Å². The zero-order valence-corrected chi connectivity index (χ0v) is 12.9. The molecule has 0 saturated heterocycles. The molecule has 1 aliphatic rings. The van der Waals surface area contributed by atoms with Gasteiger partial charge in [0.05, 0.1) is 16.0 Å². The molecule has 0 aromatic heterocycles. The maximum absolute atomic E-state index is 11.2. The van der Waals surface area contributed by atoms with Gasteiger partial charge in [-0.15, -0.1) is 0 Å². The topological polar surface area (TPSA) is 55.2 Å². The first-order valence-electron chi connectivity index (χ1n) is 7.23. The fourth-order valence-corrected chi connectivity index (χ4v) is 3.03. The third kappa shape index (κ3) is 2.48. The molecule has 0 aliphatic carbocycles. The minimum atomic E-state index is -0.334. The van der Waals surface area contributed by atoms with Crippen LogP contribution in [0.25, 0.3) is 16.7 Å². The largest absolute Gasteiger partial charge is 0.376 e. The molecule has 112 valence electrons. The van der Waals surface area contributed by atoms with Crippen molar-refractivity contribution in [3.8, 4) is 11.1 Å². The van der Waals surface area contributed by atoms with E-state index in [1.54, 1.807) is 18.2 Å². The molecule has 0 amide bonds. The Morgan fingerprint density at radius 1 is 1.09 bits per heavy atom. The number of benzene rings is 2. The summed E-state index contributed by atoms with van der Waals surface area (Å²) in [6.07, 6.45) is 2.18. The number of nitrogens with one attached hydrogen (secondary N) is 1. The Balaban J connectivity index is 2.14. The predicted octanol–water partition coefficient (Wildman–Crippen LogP) is 4.87. The molecule has 2 aromatic rings. The van der Waals surface area contributed by atoms with Crippen LogP contribution in [0.4, 0.5) is 11.4 Å². The van der Waals surface area contributed by atoms with Crippen molar-refractivity contribution in [1.82, 2.24) is 0 Å². The maximum Gasteiger partial charge on any atom is 0.277 e. The number of para-hydroxylation sites is 1. The summed E-state index contributed by atoms with van der Waals surface area (Å²) in [6, 6.07) is 12.8. The molecule has 3 rings (SSSR count). The first kappa shape index (κ1) is 14.3. The van der Waals surface area contributed by atoms with Gasteiger partial charge in [-0.05, 0) is 50.1 Å². The molecular formula is C18H18N2O2. The molecule has 0 bridgehead atoms. The van der Waals surface area contributed by atoms with Crippen LogP contribution >= 0.6 is 0 Å².